The predicted molar refractivity (Wildman–Crippen MR) is 93.4 cm³/mol. The molecule has 1 atom stereocenters. The molecule has 0 spiro atoms. The first-order valence-electron chi connectivity index (χ1n) is 7.32. The van der Waals surface area contributed by atoms with Gasteiger partial charge in [-0.05, 0) is 71.6 Å². The lowest BCUT2D eigenvalue weighted by molar-refractivity contribution is -0.122. The molecule has 1 amide bonds. The number of nitrogens with one attached hydrogen (secondary N) is 1. The standard InChI is InChI=1S/C18H20BrNO2/c1-4-14-6-5-7-15(11-14)22-13(3)18(21)20-17-9-8-12(2)10-16(17)19/h5-11,13H,4H2,1-3H3,(H,20,21). The molecule has 116 valence electrons. The van der Waals surface area contributed by atoms with Crippen molar-refractivity contribution < 1.29 is 9.53 Å². The van der Waals surface area contributed by atoms with E-state index in [0.29, 0.717) is 5.75 Å². The highest BCUT2D eigenvalue weighted by Crippen LogP contribution is 2.24. The maximum atomic E-state index is 12.3. The first kappa shape index (κ1) is 16.6. The Morgan fingerprint density at radius 3 is 2.73 bits per heavy atom. The average Bonchev–Trinajstić information content (AvgIpc) is 2.50. The zero-order valence-electron chi connectivity index (χ0n) is 13.0. The van der Waals surface area contributed by atoms with Gasteiger partial charge in [-0.2, -0.15) is 0 Å². The predicted octanol–water partition coefficient (Wildman–Crippen LogP) is 4.73. The molecule has 2 aromatic rings. The number of aryl methyl sites for hydroxylation is 2. The fraction of sp³-hybridized carbons (Fsp3) is 0.278. The van der Waals surface area contributed by atoms with Crippen molar-refractivity contribution in [3.05, 3.63) is 58.1 Å². The van der Waals surface area contributed by atoms with Crippen molar-refractivity contribution >= 4 is 27.5 Å². The molecule has 22 heavy (non-hydrogen) atoms. The third-order valence-electron chi connectivity index (χ3n) is 3.37. The van der Waals surface area contributed by atoms with Crippen LogP contribution < -0.4 is 10.1 Å². The normalized spacial score (nSPS) is 11.8. The lowest BCUT2D eigenvalue weighted by atomic mass is 10.2. The lowest BCUT2D eigenvalue weighted by Crippen LogP contribution is -2.30. The summed E-state index contributed by atoms with van der Waals surface area (Å²) < 4.78 is 6.59. The molecular formula is C18H20BrNO2. The van der Waals surface area contributed by atoms with E-state index in [1.807, 2.05) is 49.4 Å². The van der Waals surface area contributed by atoms with Crippen LogP contribution in [0.1, 0.15) is 25.0 Å². The lowest BCUT2D eigenvalue weighted by Gasteiger charge is -2.16. The van der Waals surface area contributed by atoms with Crippen LogP contribution in [0, 0.1) is 6.92 Å². The molecular weight excluding hydrogens is 342 g/mol. The Kier molecular flexibility index (Phi) is 5.61. The Balaban J connectivity index is 2.02. The Hall–Kier alpha value is -1.81. The molecule has 0 aliphatic heterocycles. The summed E-state index contributed by atoms with van der Waals surface area (Å²) in [5, 5.41) is 2.88. The SMILES string of the molecule is CCc1cccc(OC(C)C(=O)Nc2ccc(C)cc2Br)c1. The van der Waals surface area contributed by atoms with Gasteiger partial charge in [-0.25, -0.2) is 0 Å². The first-order valence-corrected chi connectivity index (χ1v) is 8.11. The van der Waals surface area contributed by atoms with E-state index < -0.39 is 6.10 Å². The van der Waals surface area contributed by atoms with E-state index in [9.17, 15) is 4.79 Å². The van der Waals surface area contributed by atoms with E-state index in [1.54, 1.807) is 6.92 Å². The van der Waals surface area contributed by atoms with E-state index >= 15 is 0 Å². The minimum atomic E-state index is -0.569. The van der Waals surface area contributed by atoms with Gasteiger partial charge in [0.05, 0.1) is 5.69 Å². The van der Waals surface area contributed by atoms with Crippen molar-refractivity contribution in [1.82, 2.24) is 0 Å². The Labute approximate surface area is 139 Å². The highest BCUT2D eigenvalue weighted by molar-refractivity contribution is 9.10. The molecule has 0 saturated heterocycles. The molecule has 0 aliphatic carbocycles. The van der Waals surface area contributed by atoms with Crippen molar-refractivity contribution in [2.45, 2.75) is 33.3 Å². The van der Waals surface area contributed by atoms with Crippen LogP contribution in [0.2, 0.25) is 0 Å². The summed E-state index contributed by atoms with van der Waals surface area (Å²) in [6, 6.07) is 13.6. The van der Waals surface area contributed by atoms with Crippen LogP contribution in [0.4, 0.5) is 5.69 Å². The zero-order valence-corrected chi connectivity index (χ0v) is 14.6. The summed E-state index contributed by atoms with van der Waals surface area (Å²) in [7, 11) is 0. The molecule has 0 heterocycles. The Bertz CT molecular complexity index is 670. The highest BCUT2D eigenvalue weighted by Gasteiger charge is 2.16. The average molecular weight is 362 g/mol. The smallest absolute Gasteiger partial charge is 0.265 e. The van der Waals surface area contributed by atoms with E-state index in [1.165, 1.54) is 5.56 Å². The summed E-state index contributed by atoms with van der Waals surface area (Å²) in [6.45, 7) is 5.84. The molecule has 0 saturated carbocycles. The van der Waals surface area contributed by atoms with E-state index in [0.717, 1.165) is 22.1 Å². The maximum absolute atomic E-state index is 12.3. The highest BCUT2D eigenvalue weighted by atomic mass is 79.9. The Morgan fingerprint density at radius 2 is 2.05 bits per heavy atom. The van der Waals surface area contributed by atoms with Gasteiger partial charge >= 0.3 is 0 Å². The van der Waals surface area contributed by atoms with Gasteiger partial charge in [0, 0.05) is 4.47 Å². The van der Waals surface area contributed by atoms with Gasteiger partial charge in [-0.15, -0.1) is 0 Å². The summed E-state index contributed by atoms with van der Waals surface area (Å²) in [5.74, 6) is 0.538. The molecule has 4 heteroatoms. The van der Waals surface area contributed by atoms with Crippen LogP contribution in [0.15, 0.2) is 46.9 Å². The molecule has 0 radical (unpaired) electrons. The number of halogens is 1. The minimum absolute atomic E-state index is 0.175. The van der Waals surface area contributed by atoms with Crippen LogP contribution in [0.5, 0.6) is 5.75 Å². The van der Waals surface area contributed by atoms with Crippen LogP contribution in [-0.4, -0.2) is 12.0 Å². The van der Waals surface area contributed by atoms with Gasteiger partial charge in [-0.1, -0.05) is 25.1 Å². The van der Waals surface area contributed by atoms with Crippen LogP contribution in [-0.2, 0) is 11.2 Å². The molecule has 0 aliphatic rings. The summed E-state index contributed by atoms with van der Waals surface area (Å²) in [4.78, 5) is 12.3. The van der Waals surface area contributed by atoms with Crippen molar-refractivity contribution in [3.63, 3.8) is 0 Å². The van der Waals surface area contributed by atoms with E-state index in [4.69, 9.17) is 4.74 Å². The van der Waals surface area contributed by atoms with Gasteiger partial charge in [0.15, 0.2) is 6.10 Å². The summed E-state index contributed by atoms with van der Waals surface area (Å²) >= 11 is 3.45. The van der Waals surface area contributed by atoms with Gasteiger partial charge in [0.2, 0.25) is 0 Å². The zero-order chi connectivity index (χ0) is 16.1. The fourth-order valence-corrected chi connectivity index (χ4v) is 2.64. The monoisotopic (exact) mass is 361 g/mol. The van der Waals surface area contributed by atoms with Crippen molar-refractivity contribution in [2.75, 3.05) is 5.32 Å². The maximum Gasteiger partial charge on any atom is 0.265 e. The summed E-state index contributed by atoms with van der Waals surface area (Å²) in [6.07, 6.45) is 0.369. The number of rotatable bonds is 5. The van der Waals surface area contributed by atoms with Crippen LogP contribution in [0.3, 0.4) is 0 Å². The second-order valence-electron chi connectivity index (χ2n) is 5.23. The van der Waals surface area contributed by atoms with Crippen molar-refractivity contribution in [3.8, 4) is 5.75 Å². The minimum Gasteiger partial charge on any atom is -0.481 e. The molecule has 3 nitrogen and oxygen atoms in total. The number of hydrogen-bond donors (Lipinski definition) is 1. The fourth-order valence-electron chi connectivity index (χ4n) is 2.05. The third-order valence-corrected chi connectivity index (χ3v) is 4.03. The quantitative estimate of drug-likeness (QED) is 0.835. The molecule has 1 unspecified atom stereocenters. The number of ether oxygens (including phenoxy) is 1. The molecule has 2 rings (SSSR count). The molecule has 0 fully saturated rings. The number of carbonyl (C=O) groups is 1. The van der Waals surface area contributed by atoms with Gasteiger partial charge in [-0.3, -0.25) is 4.79 Å². The number of amides is 1. The van der Waals surface area contributed by atoms with Gasteiger partial charge < -0.3 is 10.1 Å². The van der Waals surface area contributed by atoms with Crippen LogP contribution >= 0.6 is 15.9 Å². The summed E-state index contributed by atoms with van der Waals surface area (Å²) in [5.41, 5.74) is 3.06. The number of anilines is 1. The number of hydrogen-bond acceptors (Lipinski definition) is 2. The third kappa shape index (κ3) is 4.34. The molecule has 0 aromatic heterocycles. The van der Waals surface area contributed by atoms with Crippen LogP contribution in [0.25, 0.3) is 0 Å². The largest absolute Gasteiger partial charge is 0.481 e. The molecule has 2 aromatic carbocycles. The molecule has 0 bridgehead atoms. The topological polar surface area (TPSA) is 38.3 Å². The van der Waals surface area contributed by atoms with Gasteiger partial charge in [0.25, 0.3) is 5.91 Å². The van der Waals surface area contributed by atoms with Gasteiger partial charge in [0.1, 0.15) is 5.75 Å². The van der Waals surface area contributed by atoms with Crippen molar-refractivity contribution in [2.24, 2.45) is 0 Å². The second-order valence-corrected chi connectivity index (χ2v) is 6.09. The van der Waals surface area contributed by atoms with E-state index in [-0.39, 0.29) is 5.91 Å². The number of benzene rings is 2. The molecule has 1 N–H and O–H groups in total. The Morgan fingerprint density at radius 1 is 1.27 bits per heavy atom. The second kappa shape index (κ2) is 7.45. The number of carbonyl (C=O) groups excluding carboxylic acids is 1. The first-order chi connectivity index (χ1) is 10.5. The van der Waals surface area contributed by atoms with Crippen molar-refractivity contribution in [1.29, 1.82) is 0 Å². The van der Waals surface area contributed by atoms with E-state index in [2.05, 4.69) is 28.2 Å².